The SMILES string of the molecule is CC(=O)NC1=CC(C)(C)C=CN=C1. The Labute approximate surface area is 78.2 Å². The van der Waals surface area contributed by atoms with Crippen LogP contribution in [-0.2, 0) is 4.79 Å². The van der Waals surface area contributed by atoms with Crippen molar-refractivity contribution >= 4 is 12.1 Å². The smallest absolute Gasteiger partial charge is 0.221 e. The van der Waals surface area contributed by atoms with Gasteiger partial charge in [-0.3, -0.25) is 9.79 Å². The molecule has 0 atom stereocenters. The summed E-state index contributed by atoms with van der Waals surface area (Å²) < 4.78 is 0. The predicted octanol–water partition coefficient (Wildman–Crippen LogP) is 1.63. The number of carbonyl (C=O) groups excluding carboxylic acids is 1. The fraction of sp³-hybridized carbons (Fsp3) is 0.400. The van der Waals surface area contributed by atoms with Gasteiger partial charge in [0.15, 0.2) is 0 Å². The van der Waals surface area contributed by atoms with E-state index in [2.05, 4.69) is 24.2 Å². The highest BCUT2D eigenvalue weighted by Gasteiger charge is 2.13. The molecule has 0 unspecified atom stereocenters. The average Bonchev–Trinajstić information content (AvgIpc) is 2.09. The molecule has 0 fully saturated rings. The van der Waals surface area contributed by atoms with E-state index in [-0.39, 0.29) is 11.3 Å². The molecule has 0 radical (unpaired) electrons. The molecule has 13 heavy (non-hydrogen) atoms. The molecule has 0 aromatic rings. The van der Waals surface area contributed by atoms with Crippen LogP contribution in [0.5, 0.6) is 0 Å². The van der Waals surface area contributed by atoms with Crippen molar-refractivity contribution in [2.24, 2.45) is 10.4 Å². The molecule has 3 nitrogen and oxygen atoms in total. The fourth-order valence-electron chi connectivity index (χ4n) is 1.12. The van der Waals surface area contributed by atoms with Crippen molar-refractivity contribution in [3.8, 4) is 0 Å². The number of hydrogen-bond acceptors (Lipinski definition) is 2. The third-order valence-corrected chi connectivity index (χ3v) is 1.65. The number of nitrogens with zero attached hydrogens (tertiary/aromatic N) is 1. The van der Waals surface area contributed by atoms with Gasteiger partial charge < -0.3 is 5.32 Å². The lowest BCUT2D eigenvalue weighted by Gasteiger charge is -2.14. The largest absolute Gasteiger partial charge is 0.325 e. The Balaban J connectivity index is 2.85. The summed E-state index contributed by atoms with van der Waals surface area (Å²) in [6, 6.07) is 0. The van der Waals surface area contributed by atoms with Gasteiger partial charge in [-0.05, 0) is 6.08 Å². The maximum absolute atomic E-state index is 10.8. The Morgan fingerprint density at radius 3 is 2.85 bits per heavy atom. The van der Waals surface area contributed by atoms with Crippen LogP contribution >= 0.6 is 0 Å². The first-order valence-corrected chi connectivity index (χ1v) is 4.21. The second-order valence-corrected chi connectivity index (χ2v) is 3.70. The van der Waals surface area contributed by atoms with Crippen LogP contribution in [0.3, 0.4) is 0 Å². The lowest BCUT2D eigenvalue weighted by molar-refractivity contribution is -0.118. The Kier molecular flexibility index (Phi) is 2.66. The van der Waals surface area contributed by atoms with E-state index >= 15 is 0 Å². The number of amides is 1. The zero-order valence-corrected chi connectivity index (χ0v) is 8.16. The molecular formula is C10H14N2O. The van der Waals surface area contributed by atoms with Crippen LogP contribution in [0.15, 0.2) is 29.0 Å². The van der Waals surface area contributed by atoms with E-state index < -0.39 is 0 Å². The quantitative estimate of drug-likeness (QED) is 0.651. The molecule has 1 heterocycles. The Morgan fingerprint density at radius 2 is 2.23 bits per heavy atom. The van der Waals surface area contributed by atoms with Gasteiger partial charge in [-0.2, -0.15) is 0 Å². The molecular weight excluding hydrogens is 164 g/mol. The fourth-order valence-corrected chi connectivity index (χ4v) is 1.12. The van der Waals surface area contributed by atoms with Crippen molar-refractivity contribution in [1.29, 1.82) is 0 Å². The van der Waals surface area contributed by atoms with Crippen LogP contribution < -0.4 is 5.32 Å². The van der Waals surface area contributed by atoms with E-state index in [4.69, 9.17) is 0 Å². The predicted molar refractivity (Wildman–Crippen MR) is 53.3 cm³/mol. The monoisotopic (exact) mass is 178 g/mol. The van der Waals surface area contributed by atoms with Crippen LogP contribution in [0.4, 0.5) is 0 Å². The summed E-state index contributed by atoms with van der Waals surface area (Å²) in [5.74, 6) is -0.0737. The molecule has 0 bridgehead atoms. The van der Waals surface area contributed by atoms with Gasteiger partial charge in [0.2, 0.25) is 5.91 Å². The molecule has 0 aromatic carbocycles. The van der Waals surface area contributed by atoms with E-state index in [1.54, 1.807) is 12.4 Å². The molecule has 1 rings (SSSR count). The van der Waals surface area contributed by atoms with Gasteiger partial charge in [0.1, 0.15) is 0 Å². The van der Waals surface area contributed by atoms with Gasteiger partial charge in [0, 0.05) is 18.5 Å². The molecule has 3 heteroatoms. The summed E-state index contributed by atoms with van der Waals surface area (Å²) in [5, 5.41) is 2.71. The summed E-state index contributed by atoms with van der Waals surface area (Å²) >= 11 is 0. The highest BCUT2D eigenvalue weighted by Crippen LogP contribution is 2.21. The van der Waals surface area contributed by atoms with Crippen LogP contribution in [0.25, 0.3) is 0 Å². The highest BCUT2D eigenvalue weighted by molar-refractivity contribution is 5.87. The third kappa shape index (κ3) is 3.23. The molecule has 0 saturated carbocycles. The van der Waals surface area contributed by atoms with Crippen LogP contribution in [-0.4, -0.2) is 12.1 Å². The zero-order chi connectivity index (χ0) is 9.90. The van der Waals surface area contributed by atoms with Crippen molar-refractivity contribution in [2.75, 3.05) is 0 Å². The zero-order valence-electron chi connectivity index (χ0n) is 8.16. The van der Waals surface area contributed by atoms with Crippen molar-refractivity contribution in [3.05, 3.63) is 24.0 Å². The second-order valence-electron chi connectivity index (χ2n) is 3.70. The van der Waals surface area contributed by atoms with Gasteiger partial charge >= 0.3 is 0 Å². The molecule has 1 amide bonds. The van der Waals surface area contributed by atoms with E-state index in [0.29, 0.717) is 0 Å². The normalized spacial score (nSPS) is 19.2. The average molecular weight is 178 g/mol. The standard InChI is InChI=1S/C10H14N2O/c1-8(13)12-9-6-10(2,3)4-5-11-7-9/h4-7H,1-3H3,(H,12,13). The van der Waals surface area contributed by atoms with Gasteiger partial charge in [-0.25, -0.2) is 0 Å². The summed E-state index contributed by atoms with van der Waals surface area (Å²) in [7, 11) is 0. The van der Waals surface area contributed by atoms with E-state index in [1.165, 1.54) is 6.92 Å². The number of hydrogen-bond donors (Lipinski definition) is 1. The maximum Gasteiger partial charge on any atom is 0.221 e. The van der Waals surface area contributed by atoms with Crippen molar-refractivity contribution in [2.45, 2.75) is 20.8 Å². The first kappa shape index (κ1) is 9.71. The van der Waals surface area contributed by atoms with Crippen molar-refractivity contribution in [1.82, 2.24) is 5.32 Å². The molecule has 0 aromatic heterocycles. The maximum atomic E-state index is 10.8. The Morgan fingerprint density at radius 1 is 1.54 bits per heavy atom. The minimum Gasteiger partial charge on any atom is -0.325 e. The minimum atomic E-state index is -0.0737. The summed E-state index contributed by atoms with van der Waals surface area (Å²) in [6.07, 6.45) is 7.34. The first-order valence-electron chi connectivity index (χ1n) is 4.21. The number of rotatable bonds is 1. The van der Waals surface area contributed by atoms with Gasteiger partial charge in [0.25, 0.3) is 0 Å². The number of aliphatic imine (C=N–C) groups is 1. The Bertz CT molecular complexity index is 298. The number of carbonyl (C=O) groups is 1. The van der Waals surface area contributed by atoms with Crippen LogP contribution in [0.2, 0.25) is 0 Å². The molecule has 1 N–H and O–H groups in total. The third-order valence-electron chi connectivity index (χ3n) is 1.65. The minimum absolute atomic E-state index is 0.0612. The highest BCUT2D eigenvalue weighted by atomic mass is 16.1. The van der Waals surface area contributed by atoms with Crippen molar-refractivity contribution < 1.29 is 4.79 Å². The van der Waals surface area contributed by atoms with Gasteiger partial charge in [-0.15, -0.1) is 0 Å². The lowest BCUT2D eigenvalue weighted by Crippen LogP contribution is -2.21. The topological polar surface area (TPSA) is 41.5 Å². The van der Waals surface area contributed by atoms with Crippen LogP contribution in [0, 0.1) is 5.41 Å². The van der Waals surface area contributed by atoms with E-state index in [9.17, 15) is 4.79 Å². The van der Waals surface area contributed by atoms with Gasteiger partial charge in [0.05, 0.1) is 11.9 Å². The molecule has 0 aliphatic carbocycles. The number of nitrogens with one attached hydrogen (secondary N) is 1. The molecule has 0 saturated heterocycles. The number of allylic oxidation sites excluding steroid dienone is 3. The van der Waals surface area contributed by atoms with Gasteiger partial charge in [-0.1, -0.05) is 19.9 Å². The van der Waals surface area contributed by atoms with E-state index in [0.717, 1.165) is 5.70 Å². The second kappa shape index (κ2) is 3.56. The molecule has 70 valence electrons. The summed E-state index contributed by atoms with van der Waals surface area (Å²) in [5.41, 5.74) is 0.691. The molecule has 1 aliphatic heterocycles. The molecule has 0 spiro atoms. The summed E-state index contributed by atoms with van der Waals surface area (Å²) in [6.45, 7) is 5.60. The van der Waals surface area contributed by atoms with Crippen molar-refractivity contribution in [3.63, 3.8) is 0 Å². The lowest BCUT2D eigenvalue weighted by atomic mass is 9.93. The Hall–Kier alpha value is -1.38. The van der Waals surface area contributed by atoms with Crippen LogP contribution in [0.1, 0.15) is 20.8 Å². The summed E-state index contributed by atoms with van der Waals surface area (Å²) in [4.78, 5) is 14.8. The first-order chi connectivity index (χ1) is 5.99. The molecule has 1 aliphatic rings. The van der Waals surface area contributed by atoms with E-state index in [1.807, 2.05) is 12.2 Å².